The van der Waals surface area contributed by atoms with E-state index >= 15 is 0 Å². The van der Waals surface area contributed by atoms with Gasteiger partial charge >= 0.3 is 0 Å². The molecule has 0 saturated heterocycles. The van der Waals surface area contributed by atoms with Crippen LogP contribution in [-0.4, -0.2) is 40.6 Å². The Morgan fingerprint density at radius 3 is 2.39 bits per heavy atom. The van der Waals surface area contributed by atoms with Gasteiger partial charge in [-0.1, -0.05) is 23.7 Å². The molecule has 0 radical (unpaired) electrons. The van der Waals surface area contributed by atoms with Crippen molar-refractivity contribution in [2.24, 2.45) is 5.10 Å². The van der Waals surface area contributed by atoms with Crippen LogP contribution in [0.15, 0.2) is 46.9 Å². The Morgan fingerprint density at radius 2 is 1.74 bits per heavy atom. The molecule has 0 fully saturated rings. The van der Waals surface area contributed by atoms with E-state index in [0.29, 0.717) is 44.0 Å². The summed E-state index contributed by atoms with van der Waals surface area (Å²) in [5.74, 6) is -0.395. The minimum Gasteiger partial charge on any atom is -0.506 e. The maximum Gasteiger partial charge on any atom is 0.281 e. The fourth-order valence-electron chi connectivity index (χ4n) is 2.91. The number of amides is 2. The molecule has 9 heteroatoms. The Morgan fingerprint density at radius 1 is 1.10 bits per heavy atom. The van der Waals surface area contributed by atoms with Gasteiger partial charge in [0, 0.05) is 23.5 Å². The monoisotopic (exact) mass is 475 g/mol. The molecule has 0 saturated carbocycles. The van der Waals surface area contributed by atoms with Gasteiger partial charge in [-0.15, -0.1) is 22.7 Å². The zero-order valence-corrected chi connectivity index (χ0v) is 19.7. The molecule has 2 heterocycles. The highest BCUT2D eigenvalue weighted by atomic mass is 35.5. The minimum atomic E-state index is -0.407. The van der Waals surface area contributed by atoms with Gasteiger partial charge in [0.1, 0.15) is 5.75 Å². The largest absolute Gasteiger partial charge is 0.506 e. The van der Waals surface area contributed by atoms with Gasteiger partial charge < -0.3 is 10.0 Å². The average molecular weight is 476 g/mol. The number of nitrogens with one attached hydrogen (secondary N) is 1. The topological polar surface area (TPSA) is 82.0 Å². The zero-order chi connectivity index (χ0) is 22.5. The number of thiophene rings is 2. The normalized spacial score (nSPS) is 11.4. The second kappa shape index (κ2) is 10.1. The quantitative estimate of drug-likeness (QED) is 0.351. The summed E-state index contributed by atoms with van der Waals surface area (Å²) in [6.07, 6.45) is 0. The van der Waals surface area contributed by atoms with Crippen molar-refractivity contribution in [3.63, 3.8) is 0 Å². The minimum absolute atomic E-state index is 0.0911. The molecule has 6 nitrogen and oxygen atoms in total. The number of hydrazone groups is 1. The second-order valence-corrected chi connectivity index (χ2v) is 9.01. The summed E-state index contributed by atoms with van der Waals surface area (Å²) in [4.78, 5) is 28.2. The summed E-state index contributed by atoms with van der Waals surface area (Å²) in [5, 5.41) is 17.1. The maximum atomic E-state index is 12.5. The first kappa shape index (κ1) is 23.0. The van der Waals surface area contributed by atoms with E-state index < -0.39 is 5.91 Å². The first-order valence-electron chi connectivity index (χ1n) is 9.66. The molecule has 1 aromatic carbocycles. The first-order chi connectivity index (χ1) is 14.8. The third kappa shape index (κ3) is 5.15. The van der Waals surface area contributed by atoms with Crippen LogP contribution in [0, 0.1) is 0 Å². The van der Waals surface area contributed by atoms with E-state index in [9.17, 15) is 14.7 Å². The van der Waals surface area contributed by atoms with Gasteiger partial charge in [-0.2, -0.15) is 5.10 Å². The van der Waals surface area contributed by atoms with Gasteiger partial charge in [0.25, 0.3) is 11.8 Å². The number of benzene rings is 1. The third-order valence-corrected chi connectivity index (χ3v) is 7.02. The van der Waals surface area contributed by atoms with E-state index in [-0.39, 0.29) is 11.7 Å². The molecule has 162 valence electrons. The van der Waals surface area contributed by atoms with Crippen LogP contribution in [0.5, 0.6) is 5.75 Å². The standard InChI is InChI=1S/C22H22ClN3O3S2/c1-4-26(5-2)22(29)18-11-10-17(31-18)21(28)25-24-13(3)16-12-30-20(19(16)27)14-6-8-15(23)9-7-14/h6-12,27H,4-5H2,1-3H3,(H,25,28). The summed E-state index contributed by atoms with van der Waals surface area (Å²) in [6, 6.07) is 10.5. The van der Waals surface area contributed by atoms with E-state index in [1.165, 1.54) is 11.3 Å². The SMILES string of the molecule is CCN(CC)C(=O)c1ccc(C(=O)NN=C(C)c2csc(-c3ccc(Cl)cc3)c2O)s1. The van der Waals surface area contributed by atoms with Crippen LogP contribution in [0.25, 0.3) is 10.4 Å². The maximum absolute atomic E-state index is 12.5. The lowest BCUT2D eigenvalue weighted by atomic mass is 10.1. The highest BCUT2D eigenvalue weighted by Gasteiger charge is 2.18. The van der Waals surface area contributed by atoms with E-state index in [1.54, 1.807) is 41.5 Å². The van der Waals surface area contributed by atoms with Gasteiger partial charge in [0.15, 0.2) is 0 Å². The highest BCUT2D eigenvalue weighted by molar-refractivity contribution is 7.16. The molecule has 2 amide bonds. The number of rotatable bonds is 7. The molecule has 0 spiro atoms. The zero-order valence-electron chi connectivity index (χ0n) is 17.3. The molecule has 0 unspecified atom stereocenters. The number of hydrogen-bond acceptors (Lipinski definition) is 6. The van der Waals surface area contributed by atoms with Crippen LogP contribution in [0.1, 0.15) is 45.7 Å². The Balaban J connectivity index is 1.72. The number of carbonyl (C=O) groups excluding carboxylic acids is 2. The number of aromatic hydroxyl groups is 1. The highest BCUT2D eigenvalue weighted by Crippen LogP contribution is 2.39. The van der Waals surface area contributed by atoms with Crippen molar-refractivity contribution in [2.75, 3.05) is 13.1 Å². The van der Waals surface area contributed by atoms with Crippen LogP contribution in [0.2, 0.25) is 5.02 Å². The summed E-state index contributed by atoms with van der Waals surface area (Å²) in [7, 11) is 0. The predicted molar refractivity (Wildman–Crippen MR) is 128 cm³/mol. The van der Waals surface area contributed by atoms with Crippen molar-refractivity contribution in [3.05, 3.63) is 62.1 Å². The van der Waals surface area contributed by atoms with Gasteiger partial charge in [0.05, 0.1) is 25.9 Å². The van der Waals surface area contributed by atoms with Crippen LogP contribution in [0.4, 0.5) is 0 Å². The molecule has 0 atom stereocenters. The van der Waals surface area contributed by atoms with E-state index in [4.69, 9.17) is 11.6 Å². The van der Waals surface area contributed by atoms with Crippen LogP contribution in [-0.2, 0) is 0 Å². The molecular formula is C22H22ClN3O3S2. The number of halogens is 1. The first-order valence-corrected chi connectivity index (χ1v) is 11.7. The lowest BCUT2D eigenvalue weighted by Gasteiger charge is -2.17. The summed E-state index contributed by atoms with van der Waals surface area (Å²) in [5.41, 5.74) is 4.36. The third-order valence-electron chi connectivity index (χ3n) is 4.68. The van der Waals surface area contributed by atoms with Crippen LogP contribution < -0.4 is 5.43 Å². The van der Waals surface area contributed by atoms with Crippen LogP contribution >= 0.6 is 34.3 Å². The molecule has 2 aromatic heterocycles. The average Bonchev–Trinajstić information content (AvgIpc) is 3.40. The number of carbonyl (C=O) groups is 2. The van der Waals surface area contributed by atoms with Crippen molar-refractivity contribution in [1.29, 1.82) is 0 Å². The van der Waals surface area contributed by atoms with Gasteiger partial charge in [-0.05, 0) is 50.6 Å². The number of nitrogens with zero attached hydrogens (tertiary/aromatic N) is 2. The van der Waals surface area contributed by atoms with Crippen molar-refractivity contribution in [1.82, 2.24) is 10.3 Å². The summed E-state index contributed by atoms with van der Waals surface area (Å²) in [6.45, 7) is 6.76. The lowest BCUT2D eigenvalue weighted by Crippen LogP contribution is -2.29. The molecule has 3 rings (SSSR count). The predicted octanol–water partition coefficient (Wildman–Crippen LogP) is 5.47. The molecule has 2 N–H and O–H groups in total. The fourth-order valence-corrected chi connectivity index (χ4v) is 4.91. The second-order valence-electron chi connectivity index (χ2n) is 6.61. The van der Waals surface area contributed by atoms with E-state index in [2.05, 4.69) is 10.5 Å². The Bertz CT molecular complexity index is 1120. The Labute approximate surface area is 193 Å². The summed E-state index contributed by atoms with van der Waals surface area (Å²) < 4.78 is 0. The van der Waals surface area contributed by atoms with Crippen LogP contribution in [0.3, 0.4) is 0 Å². The van der Waals surface area contributed by atoms with Gasteiger partial charge in [0.2, 0.25) is 0 Å². The molecule has 31 heavy (non-hydrogen) atoms. The smallest absolute Gasteiger partial charge is 0.281 e. The molecule has 0 bridgehead atoms. The molecule has 0 aliphatic carbocycles. The Hall–Kier alpha value is -2.68. The fraction of sp³-hybridized carbons (Fsp3) is 0.227. The van der Waals surface area contributed by atoms with E-state index in [1.807, 2.05) is 26.0 Å². The Kier molecular flexibility index (Phi) is 7.48. The van der Waals surface area contributed by atoms with E-state index in [0.717, 1.165) is 16.9 Å². The molecule has 0 aliphatic rings. The van der Waals surface area contributed by atoms with Gasteiger partial charge in [-0.3, -0.25) is 9.59 Å². The van der Waals surface area contributed by atoms with Crippen molar-refractivity contribution < 1.29 is 14.7 Å². The molecular weight excluding hydrogens is 454 g/mol. The lowest BCUT2D eigenvalue weighted by molar-refractivity contribution is 0.0777. The molecule has 3 aromatic rings. The number of hydrogen-bond donors (Lipinski definition) is 2. The molecule has 0 aliphatic heterocycles. The summed E-state index contributed by atoms with van der Waals surface area (Å²) >= 11 is 8.44. The van der Waals surface area contributed by atoms with Gasteiger partial charge in [-0.25, -0.2) is 5.43 Å². The van der Waals surface area contributed by atoms with Crippen molar-refractivity contribution >= 4 is 51.8 Å². The van der Waals surface area contributed by atoms with Crippen molar-refractivity contribution in [3.8, 4) is 16.2 Å². The van der Waals surface area contributed by atoms with Crippen molar-refractivity contribution in [2.45, 2.75) is 20.8 Å².